The number of nitrogens with zero attached hydrogens (tertiary/aromatic N) is 2. The van der Waals surface area contributed by atoms with Gasteiger partial charge >= 0.3 is 0 Å². The average Bonchev–Trinajstić information content (AvgIpc) is 2.75. The summed E-state index contributed by atoms with van der Waals surface area (Å²) in [5, 5.41) is 7.36. The van der Waals surface area contributed by atoms with E-state index in [-0.39, 0.29) is 5.84 Å². The molecule has 5 heteroatoms. The summed E-state index contributed by atoms with van der Waals surface area (Å²) in [6.07, 6.45) is 0. The second-order valence-corrected chi connectivity index (χ2v) is 5.58. The van der Waals surface area contributed by atoms with Crippen molar-refractivity contribution in [1.82, 2.24) is 9.88 Å². The number of hydrogen-bond acceptors (Lipinski definition) is 4. The zero-order valence-electron chi connectivity index (χ0n) is 11.2. The Hall–Kier alpha value is -1.72. The predicted octanol–water partition coefficient (Wildman–Crippen LogP) is 2.37. The number of nitrogens with one attached hydrogen (secondary N) is 1. The molecule has 0 bridgehead atoms. The maximum Gasteiger partial charge on any atom is 0.122 e. The van der Waals surface area contributed by atoms with Crippen LogP contribution in [0.2, 0.25) is 0 Å². The van der Waals surface area contributed by atoms with Gasteiger partial charge in [-0.25, -0.2) is 4.98 Å². The maximum atomic E-state index is 7.36. The standard InChI is InChI=1S/C14H18N4S/c1-10-13(19-9-17-10)8-18(2)7-11-3-5-12(6-4-11)14(15)16/h3-6,9H,7-8H2,1-2H3,(H3,15,16). The van der Waals surface area contributed by atoms with Gasteiger partial charge in [-0.2, -0.15) is 0 Å². The van der Waals surface area contributed by atoms with Gasteiger partial charge in [0, 0.05) is 23.5 Å². The highest BCUT2D eigenvalue weighted by Gasteiger charge is 2.06. The summed E-state index contributed by atoms with van der Waals surface area (Å²) < 4.78 is 0. The Labute approximate surface area is 117 Å². The predicted molar refractivity (Wildman–Crippen MR) is 79.5 cm³/mol. The van der Waals surface area contributed by atoms with E-state index in [1.165, 1.54) is 10.4 Å². The summed E-state index contributed by atoms with van der Waals surface area (Å²) in [7, 11) is 2.10. The van der Waals surface area contributed by atoms with Gasteiger partial charge in [-0.3, -0.25) is 10.3 Å². The van der Waals surface area contributed by atoms with Crippen LogP contribution in [0.3, 0.4) is 0 Å². The molecule has 1 heterocycles. The van der Waals surface area contributed by atoms with Crippen LogP contribution in [0.25, 0.3) is 0 Å². The number of nitrogens with two attached hydrogens (primary N) is 1. The van der Waals surface area contributed by atoms with Gasteiger partial charge < -0.3 is 5.73 Å². The largest absolute Gasteiger partial charge is 0.384 e. The molecule has 0 aliphatic rings. The Morgan fingerprint density at radius 1 is 1.32 bits per heavy atom. The third kappa shape index (κ3) is 3.62. The second-order valence-electron chi connectivity index (χ2n) is 4.64. The SMILES string of the molecule is Cc1ncsc1CN(C)Cc1ccc(C(=N)N)cc1. The fraction of sp³-hybridized carbons (Fsp3) is 0.286. The van der Waals surface area contributed by atoms with E-state index in [0.29, 0.717) is 0 Å². The van der Waals surface area contributed by atoms with Gasteiger partial charge in [-0.15, -0.1) is 11.3 Å². The highest BCUT2D eigenvalue weighted by molar-refractivity contribution is 7.09. The first-order chi connectivity index (χ1) is 9.06. The van der Waals surface area contributed by atoms with Crippen molar-refractivity contribution in [2.24, 2.45) is 5.73 Å². The van der Waals surface area contributed by atoms with Crippen LogP contribution in [-0.2, 0) is 13.1 Å². The molecular formula is C14H18N4S. The van der Waals surface area contributed by atoms with Crippen molar-refractivity contribution in [3.05, 3.63) is 51.5 Å². The summed E-state index contributed by atoms with van der Waals surface area (Å²) in [5.41, 5.74) is 10.4. The lowest BCUT2D eigenvalue weighted by molar-refractivity contribution is 0.321. The Kier molecular flexibility index (Phi) is 4.29. The third-order valence-corrected chi connectivity index (χ3v) is 3.90. The quantitative estimate of drug-likeness (QED) is 0.650. The summed E-state index contributed by atoms with van der Waals surface area (Å²) in [6, 6.07) is 7.83. The summed E-state index contributed by atoms with van der Waals surface area (Å²) in [6.45, 7) is 3.82. The third-order valence-electron chi connectivity index (χ3n) is 2.98. The average molecular weight is 274 g/mol. The van der Waals surface area contributed by atoms with Gasteiger partial charge in [0.2, 0.25) is 0 Å². The van der Waals surface area contributed by atoms with Crippen LogP contribution in [0.4, 0.5) is 0 Å². The Morgan fingerprint density at radius 2 is 2.00 bits per heavy atom. The van der Waals surface area contributed by atoms with Gasteiger partial charge in [0.1, 0.15) is 5.84 Å². The van der Waals surface area contributed by atoms with E-state index in [2.05, 4.69) is 16.9 Å². The molecule has 0 saturated heterocycles. The minimum atomic E-state index is 0.111. The van der Waals surface area contributed by atoms with Crippen LogP contribution in [0.5, 0.6) is 0 Å². The Morgan fingerprint density at radius 3 is 2.53 bits per heavy atom. The number of aryl methyl sites for hydroxylation is 1. The molecule has 0 unspecified atom stereocenters. The van der Waals surface area contributed by atoms with Gasteiger partial charge in [0.25, 0.3) is 0 Å². The molecule has 19 heavy (non-hydrogen) atoms. The van der Waals surface area contributed by atoms with Crippen LogP contribution in [-0.4, -0.2) is 22.8 Å². The molecular weight excluding hydrogens is 256 g/mol. The van der Waals surface area contributed by atoms with Crippen LogP contribution in [0.1, 0.15) is 21.7 Å². The highest BCUT2D eigenvalue weighted by Crippen LogP contribution is 2.15. The molecule has 0 aliphatic heterocycles. The molecule has 0 saturated carbocycles. The molecule has 2 aromatic rings. The Bertz CT molecular complexity index is 559. The normalized spacial score (nSPS) is 10.9. The van der Waals surface area contributed by atoms with E-state index in [0.717, 1.165) is 24.3 Å². The minimum absolute atomic E-state index is 0.111. The smallest absolute Gasteiger partial charge is 0.122 e. The molecule has 0 spiro atoms. The van der Waals surface area contributed by atoms with E-state index in [1.54, 1.807) is 11.3 Å². The number of aromatic nitrogens is 1. The molecule has 4 nitrogen and oxygen atoms in total. The van der Waals surface area contributed by atoms with Crippen LogP contribution in [0.15, 0.2) is 29.8 Å². The molecule has 0 fully saturated rings. The van der Waals surface area contributed by atoms with Gasteiger partial charge in [0.05, 0.1) is 11.2 Å². The number of rotatable bonds is 5. The summed E-state index contributed by atoms with van der Waals surface area (Å²) >= 11 is 1.70. The zero-order valence-corrected chi connectivity index (χ0v) is 12.0. The minimum Gasteiger partial charge on any atom is -0.384 e. The van der Waals surface area contributed by atoms with Gasteiger partial charge in [-0.1, -0.05) is 24.3 Å². The molecule has 1 aromatic heterocycles. The first-order valence-electron chi connectivity index (χ1n) is 6.07. The van der Waals surface area contributed by atoms with Gasteiger partial charge in [-0.05, 0) is 19.5 Å². The van der Waals surface area contributed by atoms with Crippen molar-refractivity contribution in [3.63, 3.8) is 0 Å². The van der Waals surface area contributed by atoms with Gasteiger partial charge in [0.15, 0.2) is 0 Å². The van der Waals surface area contributed by atoms with E-state index < -0.39 is 0 Å². The fourth-order valence-corrected chi connectivity index (χ4v) is 2.74. The molecule has 0 aliphatic carbocycles. The first-order valence-corrected chi connectivity index (χ1v) is 6.95. The molecule has 100 valence electrons. The van der Waals surface area contributed by atoms with E-state index in [4.69, 9.17) is 11.1 Å². The van der Waals surface area contributed by atoms with E-state index >= 15 is 0 Å². The van der Waals surface area contributed by atoms with Crippen LogP contribution >= 0.6 is 11.3 Å². The lowest BCUT2D eigenvalue weighted by Gasteiger charge is -2.16. The van der Waals surface area contributed by atoms with Crippen molar-refractivity contribution in [2.75, 3.05) is 7.05 Å². The molecule has 3 N–H and O–H groups in total. The summed E-state index contributed by atoms with van der Waals surface area (Å²) in [5.74, 6) is 0.111. The summed E-state index contributed by atoms with van der Waals surface area (Å²) in [4.78, 5) is 7.82. The number of thiazole rings is 1. The van der Waals surface area contributed by atoms with Crippen molar-refractivity contribution in [1.29, 1.82) is 5.41 Å². The number of hydrogen-bond donors (Lipinski definition) is 2. The fourth-order valence-electron chi connectivity index (χ4n) is 1.88. The molecule has 2 rings (SSSR count). The second kappa shape index (κ2) is 5.95. The lowest BCUT2D eigenvalue weighted by Crippen LogP contribution is -2.17. The van der Waals surface area contributed by atoms with Crippen LogP contribution < -0.4 is 5.73 Å². The Balaban J connectivity index is 1.97. The van der Waals surface area contributed by atoms with Crippen LogP contribution in [0, 0.1) is 12.3 Å². The highest BCUT2D eigenvalue weighted by atomic mass is 32.1. The number of benzene rings is 1. The molecule has 0 atom stereocenters. The molecule has 0 amide bonds. The first kappa shape index (κ1) is 13.7. The van der Waals surface area contributed by atoms with Crippen molar-refractivity contribution in [2.45, 2.75) is 20.0 Å². The van der Waals surface area contributed by atoms with Crippen molar-refractivity contribution < 1.29 is 0 Å². The molecule has 0 radical (unpaired) electrons. The zero-order chi connectivity index (χ0) is 13.8. The van der Waals surface area contributed by atoms with Crippen molar-refractivity contribution >= 4 is 17.2 Å². The number of nitrogen functional groups attached to an aromatic ring is 1. The lowest BCUT2D eigenvalue weighted by atomic mass is 10.1. The maximum absolute atomic E-state index is 7.36. The number of amidine groups is 1. The molecule has 1 aromatic carbocycles. The van der Waals surface area contributed by atoms with E-state index in [9.17, 15) is 0 Å². The monoisotopic (exact) mass is 274 g/mol. The van der Waals surface area contributed by atoms with E-state index in [1.807, 2.05) is 36.7 Å². The topological polar surface area (TPSA) is 66.0 Å². The van der Waals surface area contributed by atoms with Crippen molar-refractivity contribution in [3.8, 4) is 0 Å².